The van der Waals surface area contributed by atoms with E-state index in [0.717, 1.165) is 0 Å². The zero-order chi connectivity index (χ0) is 23.1. The van der Waals surface area contributed by atoms with Crippen LogP contribution in [0, 0.1) is 5.92 Å². The molecule has 11 nitrogen and oxygen atoms in total. The van der Waals surface area contributed by atoms with E-state index in [-0.39, 0.29) is 12.5 Å². The molecule has 0 radical (unpaired) electrons. The number of hydrazine groups is 1. The number of nitrogens with zero attached hydrogens (tertiary/aromatic N) is 1. The van der Waals surface area contributed by atoms with Gasteiger partial charge in [-0.3, -0.25) is 19.4 Å². The lowest BCUT2D eigenvalue weighted by Gasteiger charge is -2.34. The first-order chi connectivity index (χ1) is 13.9. The number of methoxy groups -OCH3 is 1. The lowest BCUT2D eigenvalue weighted by molar-refractivity contribution is -0.149. The molecule has 3 atom stereocenters. The zero-order valence-electron chi connectivity index (χ0n) is 18.5. The maximum absolute atomic E-state index is 12.9. The van der Waals surface area contributed by atoms with Gasteiger partial charge in [0, 0.05) is 13.7 Å². The molecule has 0 aliphatic carbocycles. The van der Waals surface area contributed by atoms with Crippen LogP contribution in [0.2, 0.25) is 0 Å². The summed E-state index contributed by atoms with van der Waals surface area (Å²) in [7, 11) is 1.38. The molecule has 0 aromatic heterocycles. The number of rotatable bonds is 8. The second-order valence-electron chi connectivity index (χ2n) is 8.54. The first-order valence-corrected chi connectivity index (χ1v) is 9.95. The Balaban J connectivity index is 2.85. The van der Waals surface area contributed by atoms with E-state index in [1.807, 2.05) is 0 Å². The Bertz CT molecular complexity index is 633. The molecular formula is C19H34N4O7. The molecule has 0 spiro atoms. The number of carboxylic acid groups (broad SMARTS) is 1. The lowest BCUT2D eigenvalue weighted by Crippen LogP contribution is -2.62. The molecule has 11 heteroatoms. The highest BCUT2D eigenvalue weighted by Gasteiger charge is 2.34. The highest BCUT2D eigenvalue weighted by Crippen LogP contribution is 2.11. The van der Waals surface area contributed by atoms with Crippen LogP contribution >= 0.6 is 0 Å². The summed E-state index contributed by atoms with van der Waals surface area (Å²) in [5.74, 6) is -2.42. The van der Waals surface area contributed by atoms with E-state index in [1.54, 1.807) is 34.6 Å². The van der Waals surface area contributed by atoms with Gasteiger partial charge in [-0.1, -0.05) is 13.8 Å². The number of aliphatic carboxylic acids is 1. The largest absolute Gasteiger partial charge is 0.480 e. The van der Waals surface area contributed by atoms with Crippen molar-refractivity contribution < 1.29 is 33.8 Å². The first-order valence-electron chi connectivity index (χ1n) is 9.95. The van der Waals surface area contributed by atoms with Gasteiger partial charge >= 0.3 is 12.1 Å². The second-order valence-corrected chi connectivity index (χ2v) is 8.54. The average molecular weight is 431 g/mol. The number of alkyl carbamates (subject to hydrolysis) is 1. The van der Waals surface area contributed by atoms with Crippen molar-refractivity contribution in [1.82, 2.24) is 21.1 Å². The van der Waals surface area contributed by atoms with Crippen LogP contribution in [0.25, 0.3) is 0 Å². The van der Waals surface area contributed by atoms with Gasteiger partial charge in [-0.25, -0.2) is 10.2 Å². The van der Waals surface area contributed by atoms with Gasteiger partial charge in [0.2, 0.25) is 5.91 Å². The van der Waals surface area contributed by atoms with Crippen molar-refractivity contribution in [1.29, 1.82) is 0 Å². The number of ether oxygens (including phenoxy) is 2. The number of hydrogen-bond donors (Lipinski definition) is 4. The average Bonchev–Trinajstić information content (AvgIpc) is 2.63. The minimum Gasteiger partial charge on any atom is -0.480 e. The summed E-state index contributed by atoms with van der Waals surface area (Å²) >= 11 is 0. The summed E-state index contributed by atoms with van der Waals surface area (Å²) < 4.78 is 10.3. The molecule has 1 saturated heterocycles. The Morgan fingerprint density at radius 2 is 1.83 bits per heavy atom. The predicted molar refractivity (Wildman–Crippen MR) is 107 cm³/mol. The zero-order valence-corrected chi connectivity index (χ0v) is 18.5. The minimum absolute atomic E-state index is 0.113. The Kier molecular flexibility index (Phi) is 9.50. The van der Waals surface area contributed by atoms with Crippen LogP contribution in [0.1, 0.15) is 47.5 Å². The van der Waals surface area contributed by atoms with Crippen LogP contribution in [0.4, 0.5) is 4.79 Å². The molecule has 0 aromatic carbocycles. The molecule has 3 amide bonds. The van der Waals surface area contributed by atoms with Crippen LogP contribution in [-0.2, 0) is 23.9 Å². The minimum atomic E-state index is -1.05. The quantitative estimate of drug-likeness (QED) is 0.428. The van der Waals surface area contributed by atoms with Crippen molar-refractivity contribution in [3.05, 3.63) is 0 Å². The van der Waals surface area contributed by atoms with E-state index >= 15 is 0 Å². The number of amides is 3. The SMILES string of the molecule is COC[C@H](NC(=O)[C@@H](NC(=O)OC(C)(C)C)C(C)C)C(=O)N1CCC[C@@H](C(=O)O)N1. The third kappa shape index (κ3) is 8.15. The molecule has 1 fully saturated rings. The third-order valence-corrected chi connectivity index (χ3v) is 4.32. The van der Waals surface area contributed by atoms with Gasteiger partial charge < -0.3 is 25.2 Å². The molecule has 1 heterocycles. The molecule has 172 valence electrons. The number of nitrogens with one attached hydrogen (secondary N) is 3. The number of carboxylic acids is 1. The molecule has 0 aromatic rings. The van der Waals surface area contributed by atoms with E-state index in [2.05, 4.69) is 16.1 Å². The summed E-state index contributed by atoms with van der Waals surface area (Å²) in [4.78, 5) is 49.0. The summed E-state index contributed by atoms with van der Waals surface area (Å²) in [6, 6.07) is -2.86. The van der Waals surface area contributed by atoms with Crippen molar-refractivity contribution in [2.45, 2.75) is 71.2 Å². The standard InChI is InChI=1S/C19H34N4O7/c1-11(2)14(21-18(28)30-19(3,4)5)15(24)20-13(10-29-6)16(25)23-9-7-8-12(22-23)17(26)27/h11-14,22H,7-10H2,1-6H3,(H,20,24)(H,21,28)(H,26,27)/t12-,13-,14-/m0/s1. The van der Waals surface area contributed by atoms with Gasteiger partial charge in [0.1, 0.15) is 23.7 Å². The van der Waals surface area contributed by atoms with Crippen molar-refractivity contribution in [3.63, 3.8) is 0 Å². The Morgan fingerprint density at radius 1 is 1.20 bits per heavy atom. The highest BCUT2D eigenvalue weighted by molar-refractivity contribution is 5.91. The summed E-state index contributed by atoms with van der Waals surface area (Å²) in [5, 5.41) is 15.5. The van der Waals surface area contributed by atoms with E-state index in [0.29, 0.717) is 19.4 Å². The molecule has 0 bridgehead atoms. The van der Waals surface area contributed by atoms with E-state index in [1.165, 1.54) is 12.1 Å². The van der Waals surface area contributed by atoms with Gasteiger partial charge in [0.05, 0.1) is 6.61 Å². The normalized spacial score (nSPS) is 19.0. The summed E-state index contributed by atoms with van der Waals surface area (Å²) in [6.45, 7) is 8.82. The highest BCUT2D eigenvalue weighted by atomic mass is 16.6. The second kappa shape index (κ2) is 11.1. The van der Waals surface area contributed by atoms with Crippen LogP contribution < -0.4 is 16.1 Å². The van der Waals surface area contributed by atoms with E-state index < -0.39 is 47.6 Å². The van der Waals surface area contributed by atoms with Crippen LogP contribution in [0.3, 0.4) is 0 Å². The fraction of sp³-hybridized carbons (Fsp3) is 0.789. The van der Waals surface area contributed by atoms with Crippen molar-refractivity contribution in [3.8, 4) is 0 Å². The van der Waals surface area contributed by atoms with Gasteiger partial charge in [0.25, 0.3) is 5.91 Å². The molecule has 0 saturated carbocycles. The van der Waals surface area contributed by atoms with Crippen LogP contribution in [0.5, 0.6) is 0 Å². The van der Waals surface area contributed by atoms with Crippen molar-refractivity contribution >= 4 is 23.9 Å². The lowest BCUT2D eigenvalue weighted by atomic mass is 10.0. The summed E-state index contributed by atoms with van der Waals surface area (Å²) in [5.41, 5.74) is 1.94. The first kappa shape index (κ1) is 25.6. The molecule has 0 unspecified atom stereocenters. The molecule has 1 aliphatic rings. The molecular weight excluding hydrogens is 396 g/mol. The number of carbonyl (C=O) groups is 4. The fourth-order valence-corrected chi connectivity index (χ4v) is 2.88. The Hall–Kier alpha value is -2.40. The van der Waals surface area contributed by atoms with Gasteiger partial charge in [-0.05, 0) is 39.5 Å². The van der Waals surface area contributed by atoms with Gasteiger partial charge in [-0.15, -0.1) is 0 Å². The van der Waals surface area contributed by atoms with E-state index in [4.69, 9.17) is 9.47 Å². The molecule has 30 heavy (non-hydrogen) atoms. The fourth-order valence-electron chi connectivity index (χ4n) is 2.88. The maximum Gasteiger partial charge on any atom is 0.408 e. The smallest absolute Gasteiger partial charge is 0.408 e. The number of carbonyl (C=O) groups excluding carboxylic acids is 3. The Labute approximate surface area is 176 Å². The molecule has 4 N–H and O–H groups in total. The van der Waals surface area contributed by atoms with Gasteiger partial charge in [-0.2, -0.15) is 0 Å². The topological polar surface area (TPSA) is 146 Å². The van der Waals surface area contributed by atoms with Crippen LogP contribution in [-0.4, -0.2) is 78.0 Å². The third-order valence-electron chi connectivity index (χ3n) is 4.32. The predicted octanol–water partition coefficient (Wildman–Crippen LogP) is 0.247. The van der Waals surface area contributed by atoms with Crippen molar-refractivity contribution in [2.75, 3.05) is 20.3 Å². The monoisotopic (exact) mass is 430 g/mol. The van der Waals surface area contributed by atoms with Crippen molar-refractivity contribution in [2.24, 2.45) is 5.92 Å². The molecule has 1 aliphatic heterocycles. The summed E-state index contributed by atoms with van der Waals surface area (Å²) in [6.07, 6.45) is 0.168. The number of hydrogen-bond acceptors (Lipinski definition) is 7. The van der Waals surface area contributed by atoms with Gasteiger partial charge in [0.15, 0.2) is 0 Å². The van der Waals surface area contributed by atoms with E-state index in [9.17, 15) is 24.3 Å². The molecule has 1 rings (SSSR count). The Morgan fingerprint density at radius 3 is 2.33 bits per heavy atom. The maximum atomic E-state index is 12.9. The van der Waals surface area contributed by atoms with Crippen LogP contribution in [0.15, 0.2) is 0 Å².